The third kappa shape index (κ3) is 5.25. The van der Waals surface area contributed by atoms with E-state index in [0.717, 1.165) is 22.7 Å². The first-order chi connectivity index (χ1) is 21.5. The normalized spacial score (nSPS) is 17.1. The Balaban J connectivity index is 1.36. The Morgan fingerprint density at radius 3 is 1.72 bits per heavy atom. The molecule has 0 amide bonds. The lowest BCUT2D eigenvalue weighted by Crippen LogP contribution is -2.48. The van der Waals surface area contributed by atoms with Gasteiger partial charge in [-0.15, -0.1) is 27.8 Å². The average molecular weight is 674 g/mol. The van der Waals surface area contributed by atoms with Crippen LogP contribution in [0.2, 0.25) is 0 Å². The molecule has 3 aromatic heterocycles. The van der Waals surface area contributed by atoms with Crippen molar-refractivity contribution in [2.75, 3.05) is 0 Å². The molecule has 3 heterocycles. The Bertz CT molecular complexity index is 1930. The van der Waals surface area contributed by atoms with Gasteiger partial charge in [-0.1, -0.05) is 35.5 Å². The highest BCUT2D eigenvalue weighted by atomic mass is 32.1. The molecule has 0 spiro atoms. The largest absolute Gasteiger partial charge is 0.487 e. The minimum absolute atomic E-state index is 0.167. The molecule has 0 radical (unpaired) electrons. The fourth-order valence-electron chi connectivity index (χ4n) is 5.35. The molecule has 0 bridgehead atoms. The van der Waals surface area contributed by atoms with Crippen molar-refractivity contribution in [1.82, 2.24) is 15.0 Å². The van der Waals surface area contributed by atoms with Gasteiger partial charge < -0.3 is 4.74 Å². The quantitative estimate of drug-likeness (QED) is 0.162. The molecule has 0 unspecified atom stereocenters. The average Bonchev–Trinajstić information content (AvgIpc) is 3.75. The van der Waals surface area contributed by atoms with Gasteiger partial charge in [0.05, 0.1) is 11.7 Å². The summed E-state index contributed by atoms with van der Waals surface area (Å²) in [5.74, 6) is -15.4. The van der Waals surface area contributed by atoms with Crippen LogP contribution in [-0.4, -0.2) is 32.8 Å². The molecule has 0 atom stereocenters. The highest BCUT2D eigenvalue weighted by molar-refractivity contribution is 7.16. The first-order valence-electron chi connectivity index (χ1n) is 14.3. The van der Waals surface area contributed by atoms with E-state index in [-0.39, 0.29) is 33.0 Å². The van der Waals surface area contributed by atoms with E-state index in [1.807, 2.05) is 20.8 Å². The van der Waals surface area contributed by atoms with E-state index in [1.165, 1.54) is 26.0 Å². The molecular weight excluding hydrogens is 645 g/mol. The van der Waals surface area contributed by atoms with Gasteiger partial charge in [0, 0.05) is 30.7 Å². The van der Waals surface area contributed by atoms with Crippen LogP contribution < -0.4 is 4.74 Å². The third-order valence-corrected chi connectivity index (χ3v) is 10.1. The molecule has 5 aromatic rings. The predicted octanol–water partition coefficient (Wildman–Crippen LogP) is 10.5. The number of benzene rings is 2. The molecule has 2 aromatic carbocycles. The maximum Gasteiger partial charge on any atom is 0.380 e. The number of halogens is 6. The van der Waals surface area contributed by atoms with E-state index < -0.39 is 28.9 Å². The summed E-state index contributed by atoms with van der Waals surface area (Å²) in [7, 11) is 0. The van der Waals surface area contributed by atoms with E-state index in [4.69, 9.17) is 4.74 Å². The fraction of sp³-hybridized carbons (Fsp3) is 0.294. The lowest BCUT2D eigenvalue weighted by Gasteiger charge is -2.25. The number of thiophene rings is 2. The maximum atomic E-state index is 15.6. The Morgan fingerprint density at radius 1 is 0.739 bits per heavy atom. The second kappa shape index (κ2) is 11.1. The number of nitrogens with zero attached hydrogens (tertiary/aromatic N) is 3. The van der Waals surface area contributed by atoms with Crippen molar-refractivity contribution in [3.63, 3.8) is 0 Å². The topological polar surface area (TPSA) is 39.9 Å². The van der Waals surface area contributed by atoms with Crippen molar-refractivity contribution < 1.29 is 31.1 Å². The van der Waals surface area contributed by atoms with Gasteiger partial charge in [0.2, 0.25) is 0 Å². The van der Waals surface area contributed by atoms with E-state index >= 15 is 26.3 Å². The zero-order chi connectivity index (χ0) is 33.2. The van der Waals surface area contributed by atoms with Crippen LogP contribution in [0.5, 0.6) is 5.75 Å². The van der Waals surface area contributed by atoms with Crippen molar-refractivity contribution in [2.24, 2.45) is 0 Å². The van der Waals surface area contributed by atoms with E-state index in [9.17, 15) is 0 Å². The molecule has 12 heteroatoms. The standard InChI is InChI=1S/C34H29F6N3OS2/c1-19-25(15-27(45-19)21-9-7-6-8-10-21)29-30(33(37,38)34(39,40)32(29,35)36)26-16-28(46-20(26)2)22-11-13-24(14-12-22)44-18-23-17-43(42-41-23)31(3,4)5/h6-17H,18H2,1-5H3. The number of ether oxygens (including phenoxy) is 1. The summed E-state index contributed by atoms with van der Waals surface area (Å²) >= 11 is 2.15. The Morgan fingerprint density at radius 2 is 1.24 bits per heavy atom. The molecule has 46 heavy (non-hydrogen) atoms. The van der Waals surface area contributed by atoms with Crippen molar-refractivity contribution in [3.05, 3.63) is 99.5 Å². The summed E-state index contributed by atoms with van der Waals surface area (Å²) in [5.41, 5.74) is -1.66. The summed E-state index contributed by atoms with van der Waals surface area (Å²) in [4.78, 5) is 1.43. The zero-order valence-electron chi connectivity index (χ0n) is 25.5. The van der Waals surface area contributed by atoms with Gasteiger partial charge in [-0.25, -0.2) is 4.68 Å². The summed E-state index contributed by atoms with van der Waals surface area (Å²) in [6.45, 7) is 9.10. The highest BCUT2D eigenvalue weighted by Crippen LogP contribution is 2.66. The highest BCUT2D eigenvalue weighted by Gasteiger charge is 2.80. The van der Waals surface area contributed by atoms with Crippen LogP contribution >= 0.6 is 22.7 Å². The number of alkyl halides is 6. The molecule has 0 saturated heterocycles. The van der Waals surface area contributed by atoms with E-state index in [0.29, 0.717) is 32.3 Å². The van der Waals surface area contributed by atoms with Gasteiger partial charge in [0.1, 0.15) is 18.1 Å². The minimum Gasteiger partial charge on any atom is -0.487 e. The Hall–Kier alpha value is -3.90. The molecule has 240 valence electrons. The molecule has 1 aliphatic carbocycles. The molecular formula is C34H29F6N3OS2. The molecule has 0 N–H and O–H groups in total. The van der Waals surface area contributed by atoms with Gasteiger partial charge in [0.15, 0.2) is 0 Å². The number of hydrogen-bond acceptors (Lipinski definition) is 5. The van der Waals surface area contributed by atoms with Crippen molar-refractivity contribution in [3.8, 4) is 26.6 Å². The summed E-state index contributed by atoms with van der Waals surface area (Å²) in [6, 6.07) is 18.1. The van der Waals surface area contributed by atoms with Gasteiger partial charge >= 0.3 is 17.8 Å². The second-order valence-corrected chi connectivity index (χ2v) is 14.7. The van der Waals surface area contributed by atoms with Gasteiger partial charge in [0.25, 0.3) is 0 Å². The number of aromatic nitrogens is 3. The monoisotopic (exact) mass is 673 g/mol. The number of allylic oxidation sites excluding steroid dienone is 2. The lowest BCUT2D eigenvalue weighted by atomic mass is 9.94. The van der Waals surface area contributed by atoms with Crippen LogP contribution in [0.1, 0.15) is 47.3 Å². The summed E-state index contributed by atoms with van der Waals surface area (Å²) in [5, 5.41) is 8.22. The zero-order valence-corrected chi connectivity index (χ0v) is 27.1. The van der Waals surface area contributed by atoms with Crippen LogP contribution in [0.3, 0.4) is 0 Å². The van der Waals surface area contributed by atoms with Gasteiger partial charge in [-0.2, -0.15) is 26.3 Å². The van der Waals surface area contributed by atoms with Crippen molar-refractivity contribution in [1.29, 1.82) is 0 Å². The Labute approximate surface area is 270 Å². The summed E-state index contributed by atoms with van der Waals surface area (Å²) in [6.07, 6.45) is 1.79. The van der Waals surface area contributed by atoms with Crippen molar-refractivity contribution in [2.45, 2.75) is 64.5 Å². The van der Waals surface area contributed by atoms with Gasteiger partial charge in [-0.3, -0.25) is 0 Å². The first-order valence-corrected chi connectivity index (χ1v) is 16.0. The molecule has 0 saturated carbocycles. The fourth-order valence-corrected chi connectivity index (χ4v) is 7.41. The predicted molar refractivity (Wildman–Crippen MR) is 170 cm³/mol. The molecule has 6 rings (SSSR count). The molecule has 1 aliphatic rings. The second-order valence-electron chi connectivity index (χ2n) is 12.1. The SMILES string of the molecule is Cc1sc(-c2ccccc2)cc1C1=C(c2cc(-c3ccc(OCc4cn(C(C)(C)C)nn4)cc3)sc2C)C(F)(F)C(F)(F)C1(F)F. The minimum atomic E-state index is -5.63. The van der Waals surface area contributed by atoms with Crippen LogP contribution in [-0.2, 0) is 12.1 Å². The molecule has 0 aliphatic heterocycles. The smallest absolute Gasteiger partial charge is 0.380 e. The van der Waals surface area contributed by atoms with Crippen molar-refractivity contribution >= 4 is 33.8 Å². The number of hydrogen-bond donors (Lipinski definition) is 0. The number of rotatable bonds is 7. The van der Waals surface area contributed by atoms with Crippen LogP contribution in [0, 0.1) is 13.8 Å². The third-order valence-electron chi connectivity index (χ3n) is 7.85. The van der Waals surface area contributed by atoms with E-state index in [2.05, 4.69) is 10.3 Å². The van der Waals surface area contributed by atoms with Gasteiger partial charge in [-0.05, 0) is 93.3 Å². The van der Waals surface area contributed by atoms with Crippen LogP contribution in [0.15, 0.2) is 72.9 Å². The number of aryl methyl sites for hydroxylation is 2. The van der Waals surface area contributed by atoms with E-state index in [1.54, 1.807) is 65.5 Å². The van der Waals surface area contributed by atoms with Crippen LogP contribution in [0.25, 0.3) is 32.0 Å². The summed E-state index contributed by atoms with van der Waals surface area (Å²) < 4.78 is 99.9. The lowest BCUT2D eigenvalue weighted by molar-refractivity contribution is -0.254. The molecule has 0 fully saturated rings. The maximum absolute atomic E-state index is 15.6. The first kappa shape index (κ1) is 32.1. The van der Waals surface area contributed by atoms with Crippen LogP contribution in [0.4, 0.5) is 26.3 Å². The Kier molecular flexibility index (Phi) is 7.75. The molecule has 4 nitrogen and oxygen atoms in total.